The number of aliphatic imine (C=N–C) groups is 1. The Balaban J connectivity index is 0.00000256. The summed E-state index contributed by atoms with van der Waals surface area (Å²) in [5.41, 5.74) is 6.07. The normalized spacial score (nSPS) is 17.6. The molecule has 1 aliphatic carbocycles. The summed E-state index contributed by atoms with van der Waals surface area (Å²) in [6.07, 6.45) is 4.07. The van der Waals surface area contributed by atoms with Crippen molar-refractivity contribution in [1.29, 1.82) is 0 Å². The quantitative estimate of drug-likeness (QED) is 0.454. The second-order valence-corrected chi connectivity index (χ2v) is 6.02. The number of hydrogen-bond donors (Lipinski definition) is 2. The lowest BCUT2D eigenvalue weighted by Crippen LogP contribution is -2.38. The minimum Gasteiger partial charge on any atom is -0.370 e. The Morgan fingerprint density at radius 3 is 2.41 bits per heavy atom. The molecule has 0 saturated heterocycles. The Morgan fingerprint density at radius 1 is 1.41 bits per heavy atom. The van der Waals surface area contributed by atoms with E-state index >= 15 is 0 Å². The van der Waals surface area contributed by atoms with Gasteiger partial charge in [0, 0.05) is 13.1 Å². The van der Waals surface area contributed by atoms with Crippen LogP contribution in [0.3, 0.4) is 0 Å². The summed E-state index contributed by atoms with van der Waals surface area (Å²) in [5.74, 6) is 2.06. The van der Waals surface area contributed by atoms with Crippen LogP contribution in [-0.4, -0.2) is 19.0 Å². The molecule has 3 nitrogen and oxygen atoms in total. The van der Waals surface area contributed by atoms with Gasteiger partial charge in [0.1, 0.15) is 0 Å². The van der Waals surface area contributed by atoms with Crippen LogP contribution in [-0.2, 0) is 0 Å². The molecule has 0 spiro atoms. The lowest BCUT2D eigenvalue weighted by Gasteiger charge is -2.28. The molecule has 0 amide bonds. The van der Waals surface area contributed by atoms with Crippen molar-refractivity contribution in [1.82, 2.24) is 5.32 Å². The molecule has 1 aliphatic rings. The van der Waals surface area contributed by atoms with E-state index in [0.717, 1.165) is 19.0 Å². The molecule has 0 aromatic rings. The third kappa shape index (κ3) is 5.93. The average Bonchev–Trinajstić information content (AvgIpc) is 2.12. The molecular formula is C13H28IN3. The molecule has 1 saturated carbocycles. The molecule has 102 valence electrons. The second kappa shape index (κ2) is 7.44. The van der Waals surface area contributed by atoms with Crippen molar-refractivity contribution in [3.8, 4) is 0 Å². The third-order valence-electron chi connectivity index (χ3n) is 4.02. The molecule has 17 heavy (non-hydrogen) atoms. The van der Waals surface area contributed by atoms with Crippen molar-refractivity contribution >= 4 is 29.9 Å². The first-order valence-corrected chi connectivity index (χ1v) is 6.45. The van der Waals surface area contributed by atoms with Crippen LogP contribution >= 0.6 is 24.0 Å². The van der Waals surface area contributed by atoms with Gasteiger partial charge >= 0.3 is 0 Å². The molecule has 0 aromatic heterocycles. The maximum Gasteiger partial charge on any atom is 0.188 e. The zero-order chi connectivity index (χ0) is 12.2. The number of halogens is 1. The van der Waals surface area contributed by atoms with Crippen molar-refractivity contribution in [2.24, 2.45) is 28.0 Å². The molecule has 0 heterocycles. The highest BCUT2D eigenvalue weighted by atomic mass is 127. The molecule has 0 unspecified atom stereocenters. The van der Waals surface area contributed by atoms with Crippen LogP contribution in [0.25, 0.3) is 0 Å². The van der Waals surface area contributed by atoms with E-state index in [4.69, 9.17) is 5.73 Å². The molecule has 0 aliphatic heterocycles. The summed E-state index contributed by atoms with van der Waals surface area (Å²) in [6, 6.07) is 0. The molecule has 0 aromatic carbocycles. The smallest absolute Gasteiger partial charge is 0.188 e. The van der Waals surface area contributed by atoms with E-state index in [2.05, 4.69) is 38.0 Å². The van der Waals surface area contributed by atoms with Gasteiger partial charge in [0.05, 0.1) is 0 Å². The van der Waals surface area contributed by atoms with E-state index in [-0.39, 0.29) is 29.4 Å². The summed E-state index contributed by atoms with van der Waals surface area (Å²) in [5, 5.41) is 3.22. The summed E-state index contributed by atoms with van der Waals surface area (Å²) in [4.78, 5) is 4.43. The minimum atomic E-state index is 0. The van der Waals surface area contributed by atoms with E-state index < -0.39 is 0 Å². The van der Waals surface area contributed by atoms with Crippen molar-refractivity contribution in [3.05, 3.63) is 0 Å². The summed E-state index contributed by atoms with van der Waals surface area (Å²) >= 11 is 0. The van der Waals surface area contributed by atoms with E-state index in [1.54, 1.807) is 0 Å². The third-order valence-corrected chi connectivity index (χ3v) is 4.02. The number of nitrogens with two attached hydrogens (primary N) is 1. The summed E-state index contributed by atoms with van der Waals surface area (Å²) < 4.78 is 0. The number of guanidine groups is 1. The fourth-order valence-corrected chi connectivity index (χ4v) is 1.47. The first-order valence-electron chi connectivity index (χ1n) is 6.45. The van der Waals surface area contributed by atoms with Gasteiger partial charge in [-0.1, -0.05) is 34.1 Å². The van der Waals surface area contributed by atoms with Crippen LogP contribution in [0.2, 0.25) is 0 Å². The van der Waals surface area contributed by atoms with Crippen LogP contribution in [0, 0.1) is 17.3 Å². The summed E-state index contributed by atoms with van der Waals surface area (Å²) in [6.45, 7) is 10.7. The van der Waals surface area contributed by atoms with Crippen molar-refractivity contribution in [2.75, 3.05) is 13.1 Å². The molecule has 4 heteroatoms. The largest absolute Gasteiger partial charge is 0.370 e. The van der Waals surface area contributed by atoms with E-state index in [1.165, 1.54) is 19.3 Å². The highest BCUT2D eigenvalue weighted by Crippen LogP contribution is 2.26. The lowest BCUT2D eigenvalue weighted by atomic mass is 9.81. The first kappa shape index (κ1) is 17.0. The molecule has 1 rings (SSSR count). The predicted octanol–water partition coefficient (Wildman–Crippen LogP) is 2.99. The van der Waals surface area contributed by atoms with Crippen LogP contribution in [0.1, 0.15) is 47.0 Å². The maximum atomic E-state index is 5.85. The van der Waals surface area contributed by atoms with E-state index in [9.17, 15) is 0 Å². The molecule has 3 N–H and O–H groups in total. The topological polar surface area (TPSA) is 50.4 Å². The zero-order valence-corrected chi connectivity index (χ0v) is 14.0. The first-order chi connectivity index (χ1) is 7.42. The highest BCUT2D eigenvalue weighted by Gasteiger charge is 2.22. The van der Waals surface area contributed by atoms with E-state index in [1.807, 2.05) is 0 Å². The van der Waals surface area contributed by atoms with Gasteiger partial charge in [0.25, 0.3) is 0 Å². The highest BCUT2D eigenvalue weighted by molar-refractivity contribution is 14.0. The van der Waals surface area contributed by atoms with E-state index in [0.29, 0.717) is 11.9 Å². The fraction of sp³-hybridized carbons (Fsp3) is 0.923. The Kier molecular flexibility index (Phi) is 7.44. The summed E-state index contributed by atoms with van der Waals surface area (Å²) in [7, 11) is 0. The van der Waals surface area contributed by atoms with Gasteiger partial charge in [-0.2, -0.15) is 0 Å². The zero-order valence-electron chi connectivity index (χ0n) is 11.6. The SMILES string of the molecule is CC(C)C(C)(C)CN=C(N)NCC1CCC1.I. The van der Waals surface area contributed by atoms with Crippen LogP contribution in [0.15, 0.2) is 4.99 Å². The van der Waals surface area contributed by atoms with Crippen LogP contribution in [0.5, 0.6) is 0 Å². The van der Waals surface area contributed by atoms with Gasteiger partial charge in [0.15, 0.2) is 5.96 Å². The number of rotatable bonds is 5. The van der Waals surface area contributed by atoms with Gasteiger partial charge in [-0.25, -0.2) is 0 Å². The van der Waals surface area contributed by atoms with Crippen LogP contribution < -0.4 is 11.1 Å². The Morgan fingerprint density at radius 2 is 2.00 bits per heavy atom. The average molecular weight is 353 g/mol. The lowest BCUT2D eigenvalue weighted by molar-refractivity contribution is 0.261. The van der Waals surface area contributed by atoms with Gasteiger partial charge in [0.2, 0.25) is 0 Å². The minimum absolute atomic E-state index is 0. The van der Waals surface area contributed by atoms with Crippen molar-refractivity contribution in [2.45, 2.75) is 47.0 Å². The number of nitrogens with zero attached hydrogens (tertiary/aromatic N) is 1. The van der Waals surface area contributed by atoms with Crippen LogP contribution in [0.4, 0.5) is 0 Å². The molecule has 1 fully saturated rings. The standard InChI is InChI=1S/C13H27N3.HI/c1-10(2)13(3,4)9-16-12(14)15-8-11-6-5-7-11;/h10-11H,5-9H2,1-4H3,(H3,14,15,16);1H. The molecular weight excluding hydrogens is 325 g/mol. The molecule has 0 bridgehead atoms. The van der Waals surface area contributed by atoms with Gasteiger partial charge in [-0.05, 0) is 30.1 Å². The van der Waals surface area contributed by atoms with Gasteiger partial charge < -0.3 is 11.1 Å². The Hall–Kier alpha value is 0. The van der Waals surface area contributed by atoms with Crippen molar-refractivity contribution in [3.63, 3.8) is 0 Å². The van der Waals surface area contributed by atoms with Gasteiger partial charge in [-0.15, -0.1) is 24.0 Å². The Bertz CT molecular complexity index is 245. The van der Waals surface area contributed by atoms with Gasteiger partial charge in [-0.3, -0.25) is 4.99 Å². The second-order valence-electron chi connectivity index (χ2n) is 6.02. The van der Waals surface area contributed by atoms with Crippen molar-refractivity contribution < 1.29 is 0 Å². The maximum absolute atomic E-state index is 5.85. The monoisotopic (exact) mass is 353 g/mol. The number of nitrogens with one attached hydrogen (secondary N) is 1. The molecule has 0 atom stereocenters. The molecule has 0 radical (unpaired) electrons. The number of hydrogen-bond acceptors (Lipinski definition) is 1. The fourth-order valence-electron chi connectivity index (χ4n) is 1.47. The predicted molar refractivity (Wildman–Crippen MR) is 85.9 cm³/mol. The Labute approximate surface area is 123 Å².